The number of hydrogen-bond donors (Lipinski definition) is 1. The van der Waals surface area contributed by atoms with Crippen molar-refractivity contribution in [2.24, 2.45) is 0 Å². The zero-order valence-corrected chi connectivity index (χ0v) is 12.5. The van der Waals surface area contributed by atoms with Crippen molar-refractivity contribution in [2.75, 3.05) is 41.9 Å². The molecule has 1 saturated carbocycles. The lowest BCUT2D eigenvalue weighted by atomic mass is 10.3. The molecule has 20 heavy (non-hydrogen) atoms. The van der Waals surface area contributed by atoms with E-state index in [-0.39, 0.29) is 11.5 Å². The number of rotatable bonds is 3. The first kappa shape index (κ1) is 13.6. The number of anilines is 2. The van der Waals surface area contributed by atoms with Gasteiger partial charge in [0, 0.05) is 32.1 Å². The molecule has 1 N–H and O–H groups in total. The first-order valence-electron chi connectivity index (χ1n) is 7.09. The van der Waals surface area contributed by atoms with Crippen LogP contribution in [0.5, 0.6) is 0 Å². The normalized spacial score (nSPS) is 22.4. The predicted molar refractivity (Wildman–Crippen MR) is 79.0 cm³/mol. The van der Waals surface area contributed by atoms with Gasteiger partial charge in [-0.2, -0.15) is 0 Å². The Morgan fingerprint density at radius 3 is 2.75 bits per heavy atom. The summed E-state index contributed by atoms with van der Waals surface area (Å²) in [5.74, 6) is 3.53. The van der Waals surface area contributed by atoms with Gasteiger partial charge in [-0.25, -0.2) is 18.4 Å². The fourth-order valence-electron chi connectivity index (χ4n) is 2.43. The van der Waals surface area contributed by atoms with E-state index in [1.807, 2.05) is 13.1 Å². The molecule has 0 bridgehead atoms. The highest BCUT2D eigenvalue weighted by molar-refractivity contribution is 7.91. The van der Waals surface area contributed by atoms with E-state index in [9.17, 15) is 8.42 Å². The van der Waals surface area contributed by atoms with Gasteiger partial charge in [0.05, 0.1) is 11.5 Å². The highest BCUT2D eigenvalue weighted by Gasteiger charge is 2.28. The van der Waals surface area contributed by atoms with Crippen LogP contribution in [0.1, 0.15) is 31.0 Å². The molecular formula is C13H20N4O2S. The third kappa shape index (κ3) is 3.03. The average molecular weight is 296 g/mol. The topological polar surface area (TPSA) is 75.2 Å². The van der Waals surface area contributed by atoms with Crippen molar-refractivity contribution in [3.05, 3.63) is 11.9 Å². The van der Waals surface area contributed by atoms with Crippen molar-refractivity contribution in [1.29, 1.82) is 0 Å². The summed E-state index contributed by atoms with van der Waals surface area (Å²) in [5, 5.41) is 3.07. The summed E-state index contributed by atoms with van der Waals surface area (Å²) in [4.78, 5) is 11.2. The zero-order valence-electron chi connectivity index (χ0n) is 11.7. The van der Waals surface area contributed by atoms with E-state index in [1.165, 1.54) is 0 Å². The molecule has 1 saturated heterocycles. The minimum atomic E-state index is -2.89. The van der Waals surface area contributed by atoms with Gasteiger partial charge in [-0.15, -0.1) is 0 Å². The van der Waals surface area contributed by atoms with E-state index in [2.05, 4.69) is 20.2 Å². The molecule has 0 atom stereocenters. The molecule has 3 rings (SSSR count). The molecule has 1 aliphatic heterocycles. The van der Waals surface area contributed by atoms with Crippen LogP contribution in [0, 0.1) is 0 Å². The smallest absolute Gasteiger partial charge is 0.152 e. The first-order valence-corrected chi connectivity index (χ1v) is 8.92. The number of nitrogens with one attached hydrogen (secondary N) is 1. The molecule has 2 fully saturated rings. The SMILES string of the molecule is CNc1cc(N2CCCS(=O)(=O)CC2)nc(C2CC2)n1. The quantitative estimate of drug-likeness (QED) is 0.897. The maximum absolute atomic E-state index is 11.7. The number of hydrogen-bond acceptors (Lipinski definition) is 6. The Bertz CT molecular complexity index is 598. The second-order valence-corrected chi connectivity index (χ2v) is 7.79. The fourth-order valence-corrected chi connectivity index (χ4v) is 3.71. The molecule has 0 amide bonds. The van der Waals surface area contributed by atoms with Crippen LogP contribution in [0.3, 0.4) is 0 Å². The Morgan fingerprint density at radius 1 is 1.25 bits per heavy atom. The third-order valence-corrected chi connectivity index (χ3v) is 5.52. The van der Waals surface area contributed by atoms with Gasteiger partial charge in [-0.1, -0.05) is 0 Å². The van der Waals surface area contributed by atoms with Crippen molar-refractivity contribution < 1.29 is 8.42 Å². The van der Waals surface area contributed by atoms with Gasteiger partial charge in [-0.05, 0) is 19.3 Å². The Hall–Kier alpha value is -1.37. The van der Waals surface area contributed by atoms with Gasteiger partial charge in [0.1, 0.15) is 17.5 Å². The Morgan fingerprint density at radius 2 is 2.05 bits per heavy atom. The molecular weight excluding hydrogens is 276 g/mol. The lowest BCUT2D eigenvalue weighted by Crippen LogP contribution is -2.28. The van der Waals surface area contributed by atoms with Crippen LogP contribution >= 0.6 is 0 Å². The zero-order chi connectivity index (χ0) is 14.2. The van der Waals surface area contributed by atoms with Crippen molar-refractivity contribution in [3.8, 4) is 0 Å². The second-order valence-electron chi connectivity index (χ2n) is 5.49. The van der Waals surface area contributed by atoms with E-state index in [0.29, 0.717) is 18.9 Å². The molecule has 1 aromatic heterocycles. The molecule has 6 nitrogen and oxygen atoms in total. The Kier molecular flexibility index (Phi) is 3.54. The summed E-state index contributed by atoms with van der Waals surface area (Å²) in [6.07, 6.45) is 2.97. The van der Waals surface area contributed by atoms with Crippen molar-refractivity contribution in [3.63, 3.8) is 0 Å². The lowest BCUT2D eigenvalue weighted by molar-refractivity contribution is 0.597. The predicted octanol–water partition coefficient (Wildman–Crippen LogP) is 1.02. The van der Waals surface area contributed by atoms with Crippen molar-refractivity contribution >= 4 is 21.5 Å². The molecule has 2 aliphatic rings. The van der Waals surface area contributed by atoms with Crippen LogP contribution in [0.25, 0.3) is 0 Å². The van der Waals surface area contributed by atoms with Crippen LogP contribution in [0.4, 0.5) is 11.6 Å². The average Bonchev–Trinajstić information content (AvgIpc) is 3.25. The first-order chi connectivity index (χ1) is 9.57. The number of sulfone groups is 1. The van der Waals surface area contributed by atoms with Gasteiger partial charge in [0.15, 0.2) is 9.84 Å². The van der Waals surface area contributed by atoms with Gasteiger partial charge in [-0.3, -0.25) is 0 Å². The third-order valence-electron chi connectivity index (χ3n) is 3.81. The number of nitrogens with zero attached hydrogens (tertiary/aromatic N) is 3. The summed E-state index contributed by atoms with van der Waals surface area (Å²) in [6.45, 7) is 1.26. The molecule has 0 radical (unpaired) electrons. The maximum Gasteiger partial charge on any atom is 0.152 e. The molecule has 1 aromatic rings. The van der Waals surface area contributed by atoms with E-state index in [4.69, 9.17) is 0 Å². The highest BCUT2D eigenvalue weighted by atomic mass is 32.2. The molecule has 0 aromatic carbocycles. The van der Waals surface area contributed by atoms with E-state index >= 15 is 0 Å². The van der Waals surface area contributed by atoms with Gasteiger partial charge < -0.3 is 10.2 Å². The standard InChI is InChI=1S/C13H20N4O2S/c1-14-11-9-12(16-13(15-11)10-3-4-10)17-5-2-7-20(18,19)8-6-17/h9-10H,2-8H2,1H3,(H,14,15,16). The largest absolute Gasteiger partial charge is 0.373 e. The van der Waals surface area contributed by atoms with Crippen LogP contribution in [0.15, 0.2) is 6.07 Å². The summed E-state index contributed by atoms with van der Waals surface area (Å²) in [7, 11) is -1.05. The summed E-state index contributed by atoms with van der Waals surface area (Å²) < 4.78 is 23.4. The summed E-state index contributed by atoms with van der Waals surface area (Å²) >= 11 is 0. The summed E-state index contributed by atoms with van der Waals surface area (Å²) in [6, 6.07) is 1.91. The van der Waals surface area contributed by atoms with Crippen molar-refractivity contribution in [1.82, 2.24) is 9.97 Å². The van der Waals surface area contributed by atoms with Gasteiger partial charge in [0.25, 0.3) is 0 Å². The van der Waals surface area contributed by atoms with E-state index in [0.717, 1.165) is 36.8 Å². The molecule has 0 unspecified atom stereocenters. The lowest BCUT2D eigenvalue weighted by Gasteiger charge is -2.21. The molecule has 7 heteroatoms. The monoisotopic (exact) mass is 296 g/mol. The minimum absolute atomic E-state index is 0.213. The molecule has 0 spiro atoms. The minimum Gasteiger partial charge on any atom is -0.373 e. The van der Waals surface area contributed by atoms with Crippen LogP contribution < -0.4 is 10.2 Å². The number of aromatic nitrogens is 2. The highest BCUT2D eigenvalue weighted by Crippen LogP contribution is 2.39. The van der Waals surface area contributed by atoms with Gasteiger partial charge in [0.2, 0.25) is 0 Å². The van der Waals surface area contributed by atoms with Crippen LogP contribution in [0.2, 0.25) is 0 Å². The molecule has 110 valence electrons. The maximum atomic E-state index is 11.7. The second kappa shape index (κ2) is 5.20. The van der Waals surface area contributed by atoms with Crippen LogP contribution in [-0.2, 0) is 9.84 Å². The molecule has 1 aliphatic carbocycles. The van der Waals surface area contributed by atoms with Crippen LogP contribution in [-0.4, -0.2) is 50.0 Å². The van der Waals surface area contributed by atoms with E-state index in [1.54, 1.807) is 0 Å². The summed E-state index contributed by atoms with van der Waals surface area (Å²) in [5.41, 5.74) is 0. The Labute approximate surface area is 119 Å². The van der Waals surface area contributed by atoms with Crippen molar-refractivity contribution in [2.45, 2.75) is 25.2 Å². The Balaban J connectivity index is 1.86. The fraction of sp³-hybridized carbons (Fsp3) is 0.692. The molecule has 2 heterocycles. The van der Waals surface area contributed by atoms with E-state index < -0.39 is 9.84 Å². The van der Waals surface area contributed by atoms with Gasteiger partial charge >= 0.3 is 0 Å².